The van der Waals surface area contributed by atoms with Crippen molar-refractivity contribution in [3.05, 3.63) is 53.9 Å². The van der Waals surface area contributed by atoms with Crippen molar-refractivity contribution >= 4 is 74.1 Å². The molecule has 2 aromatic carbocycles. The fourth-order valence-corrected chi connectivity index (χ4v) is 3.50. The molecule has 0 aromatic heterocycles. The summed E-state index contributed by atoms with van der Waals surface area (Å²) in [6, 6.07) is 8.46. The molecule has 2 aromatic rings. The predicted molar refractivity (Wildman–Crippen MR) is 113 cm³/mol. The first-order valence-corrected chi connectivity index (χ1v) is 10.1. The van der Waals surface area contributed by atoms with Crippen LogP contribution in [0.25, 0.3) is 0 Å². The van der Waals surface area contributed by atoms with E-state index in [4.69, 9.17) is 16.4 Å². The molecule has 1 saturated carbocycles. The fourth-order valence-electron chi connectivity index (χ4n) is 2.15. The molecule has 1 aliphatic carbocycles. The molecular formula is C17H14ClFI2N2O2. The van der Waals surface area contributed by atoms with Crippen LogP contribution >= 0.6 is 56.8 Å². The first-order valence-electron chi connectivity index (χ1n) is 7.58. The maximum absolute atomic E-state index is 14.6. The molecule has 1 amide bonds. The maximum Gasteiger partial charge on any atom is 0.277 e. The highest BCUT2D eigenvalue weighted by Gasteiger charge is 2.23. The van der Waals surface area contributed by atoms with E-state index in [0.29, 0.717) is 26.8 Å². The number of carbonyl (C=O) groups is 1. The Balaban J connectivity index is 1.85. The van der Waals surface area contributed by atoms with Gasteiger partial charge in [0.15, 0.2) is 5.82 Å². The summed E-state index contributed by atoms with van der Waals surface area (Å²) in [6.07, 6.45) is 2.23. The van der Waals surface area contributed by atoms with Gasteiger partial charge in [-0.3, -0.25) is 9.63 Å². The zero-order valence-electron chi connectivity index (χ0n) is 12.9. The average molecular weight is 587 g/mol. The Morgan fingerprint density at radius 3 is 2.72 bits per heavy atom. The summed E-state index contributed by atoms with van der Waals surface area (Å²) >= 11 is 10.2. The Morgan fingerprint density at radius 2 is 2.04 bits per heavy atom. The second-order valence-corrected chi connectivity index (χ2v) is 8.53. The van der Waals surface area contributed by atoms with Crippen LogP contribution in [0.1, 0.15) is 23.2 Å². The van der Waals surface area contributed by atoms with Crippen LogP contribution in [0, 0.1) is 18.9 Å². The Bertz CT molecular complexity index is 815. The molecule has 0 heterocycles. The SMILES string of the molecule is O=C(NOCC1CC1)c1ccc(I)c(F)c1Nc1ccc(I)cc1Cl. The highest BCUT2D eigenvalue weighted by Crippen LogP contribution is 2.32. The zero-order chi connectivity index (χ0) is 18.0. The van der Waals surface area contributed by atoms with Gasteiger partial charge < -0.3 is 5.32 Å². The van der Waals surface area contributed by atoms with Crippen molar-refractivity contribution in [2.45, 2.75) is 12.8 Å². The summed E-state index contributed by atoms with van der Waals surface area (Å²) in [7, 11) is 0. The lowest BCUT2D eigenvalue weighted by molar-refractivity contribution is 0.0270. The van der Waals surface area contributed by atoms with Crippen LogP contribution in [0.4, 0.5) is 15.8 Å². The standard InChI is InChI=1S/C17H14ClFI2N2O2/c18-12-7-10(20)3-6-14(12)22-16-11(4-5-13(21)15(16)19)17(24)23-25-8-9-1-2-9/h3-7,9,22H,1-2,8H2,(H,23,24). The Hall–Kier alpha value is -0.650. The minimum atomic E-state index is -0.509. The lowest BCUT2D eigenvalue weighted by Gasteiger charge is -2.15. The lowest BCUT2D eigenvalue weighted by Crippen LogP contribution is -2.26. The van der Waals surface area contributed by atoms with E-state index in [1.807, 2.05) is 28.7 Å². The maximum atomic E-state index is 14.6. The van der Waals surface area contributed by atoms with Crippen LogP contribution in [0.15, 0.2) is 30.3 Å². The van der Waals surface area contributed by atoms with Crippen molar-refractivity contribution in [1.82, 2.24) is 5.48 Å². The topological polar surface area (TPSA) is 50.4 Å². The molecule has 4 nitrogen and oxygen atoms in total. The summed E-state index contributed by atoms with van der Waals surface area (Å²) in [5.41, 5.74) is 3.14. The number of hydrogen-bond donors (Lipinski definition) is 2. The summed E-state index contributed by atoms with van der Waals surface area (Å²) in [5.74, 6) is -0.498. The molecular weight excluding hydrogens is 572 g/mol. The van der Waals surface area contributed by atoms with Crippen LogP contribution in [0.3, 0.4) is 0 Å². The molecule has 0 spiro atoms. The molecule has 25 heavy (non-hydrogen) atoms. The highest BCUT2D eigenvalue weighted by molar-refractivity contribution is 14.1. The summed E-state index contributed by atoms with van der Waals surface area (Å²) < 4.78 is 16.0. The van der Waals surface area contributed by atoms with Gasteiger partial charge in [0.1, 0.15) is 0 Å². The van der Waals surface area contributed by atoms with Gasteiger partial charge in [0.25, 0.3) is 5.91 Å². The molecule has 0 bridgehead atoms. The number of carbonyl (C=O) groups excluding carboxylic acids is 1. The Kier molecular flexibility index (Phi) is 6.39. The third-order valence-electron chi connectivity index (χ3n) is 3.71. The van der Waals surface area contributed by atoms with Crippen LogP contribution in [-0.2, 0) is 4.84 Å². The van der Waals surface area contributed by atoms with Gasteiger partial charge in [0.05, 0.1) is 32.1 Å². The molecule has 132 valence electrons. The number of amides is 1. The van der Waals surface area contributed by atoms with E-state index in [-0.39, 0.29) is 11.3 Å². The average Bonchev–Trinajstić information content (AvgIpc) is 3.38. The number of halogens is 4. The van der Waals surface area contributed by atoms with E-state index < -0.39 is 11.7 Å². The van der Waals surface area contributed by atoms with Crippen molar-refractivity contribution < 1.29 is 14.0 Å². The van der Waals surface area contributed by atoms with Crippen LogP contribution < -0.4 is 10.8 Å². The summed E-state index contributed by atoms with van der Waals surface area (Å²) in [6.45, 7) is 0.476. The van der Waals surface area contributed by atoms with Gasteiger partial charge >= 0.3 is 0 Å². The normalized spacial score (nSPS) is 13.6. The summed E-state index contributed by atoms with van der Waals surface area (Å²) in [5, 5.41) is 3.38. The quantitative estimate of drug-likeness (QED) is 0.347. The van der Waals surface area contributed by atoms with E-state index in [1.54, 1.807) is 24.3 Å². The molecule has 0 atom stereocenters. The predicted octanol–water partition coefficient (Wildman–Crippen LogP) is 5.50. The number of nitrogens with one attached hydrogen (secondary N) is 2. The van der Waals surface area contributed by atoms with Gasteiger partial charge in [-0.15, -0.1) is 0 Å². The molecule has 2 N–H and O–H groups in total. The second-order valence-electron chi connectivity index (χ2n) is 5.72. The van der Waals surface area contributed by atoms with Crippen LogP contribution in [0.2, 0.25) is 5.02 Å². The van der Waals surface area contributed by atoms with Crippen LogP contribution in [0.5, 0.6) is 0 Å². The largest absolute Gasteiger partial charge is 0.351 e. The van der Waals surface area contributed by atoms with Crippen molar-refractivity contribution in [2.24, 2.45) is 5.92 Å². The molecule has 8 heteroatoms. The number of hydrogen-bond acceptors (Lipinski definition) is 3. The number of rotatable bonds is 6. The van der Waals surface area contributed by atoms with Gasteiger partial charge in [-0.2, -0.15) is 0 Å². The van der Waals surface area contributed by atoms with Gasteiger partial charge in [0.2, 0.25) is 0 Å². The third kappa shape index (κ3) is 4.95. The fraction of sp³-hybridized carbons (Fsp3) is 0.235. The molecule has 0 unspecified atom stereocenters. The van der Waals surface area contributed by atoms with Crippen molar-refractivity contribution in [3.8, 4) is 0 Å². The number of benzene rings is 2. The zero-order valence-corrected chi connectivity index (χ0v) is 18.0. The van der Waals surface area contributed by atoms with E-state index in [2.05, 4.69) is 33.4 Å². The molecule has 1 aliphatic rings. The lowest BCUT2D eigenvalue weighted by atomic mass is 10.1. The van der Waals surface area contributed by atoms with Gasteiger partial charge in [-0.1, -0.05) is 11.6 Å². The van der Waals surface area contributed by atoms with Gasteiger partial charge in [-0.05, 0) is 94.3 Å². The second kappa shape index (κ2) is 8.36. The monoisotopic (exact) mass is 586 g/mol. The first-order chi connectivity index (χ1) is 12.0. The third-order valence-corrected chi connectivity index (χ3v) is 5.53. The van der Waals surface area contributed by atoms with E-state index in [1.165, 1.54) is 0 Å². The molecule has 3 rings (SSSR count). The molecule has 0 radical (unpaired) electrons. The summed E-state index contributed by atoms with van der Waals surface area (Å²) in [4.78, 5) is 17.6. The molecule has 0 aliphatic heterocycles. The smallest absolute Gasteiger partial charge is 0.277 e. The van der Waals surface area contributed by atoms with Crippen molar-refractivity contribution in [2.75, 3.05) is 11.9 Å². The van der Waals surface area contributed by atoms with Crippen molar-refractivity contribution in [3.63, 3.8) is 0 Å². The minimum absolute atomic E-state index is 0.0718. The van der Waals surface area contributed by atoms with E-state index >= 15 is 0 Å². The van der Waals surface area contributed by atoms with E-state index in [9.17, 15) is 9.18 Å². The molecule has 0 saturated heterocycles. The highest BCUT2D eigenvalue weighted by atomic mass is 127. The number of hydroxylamine groups is 1. The Morgan fingerprint density at radius 1 is 1.28 bits per heavy atom. The first kappa shape index (κ1) is 19.1. The Labute approximate surface area is 177 Å². The molecule has 1 fully saturated rings. The minimum Gasteiger partial charge on any atom is -0.351 e. The van der Waals surface area contributed by atoms with Gasteiger partial charge in [-0.25, -0.2) is 9.87 Å². The van der Waals surface area contributed by atoms with Gasteiger partial charge in [0, 0.05) is 3.57 Å². The number of anilines is 2. The van der Waals surface area contributed by atoms with Crippen molar-refractivity contribution in [1.29, 1.82) is 0 Å². The van der Waals surface area contributed by atoms with E-state index in [0.717, 1.165) is 16.4 Å². The van der Waals surface area contributed by atoms with Crippen LogP contribution in [-0.4, -0.2) is 12.5 Å².